The molecule has 0 fully saturated rings. The molecule has 0 aliphatic heterocycles. The fourth-order valence-electron chi connectivity index (χ4n) is 3.39. The summed E-state index contributed by atoms with van der Waals surface area (Å²) in [6, 6.07) is 12.5. The number of nitrogens with zero attached hydrogens (tertiary/aromatic N) is 1. The lowest BCUT2D eigenvalue weighted by molar-refractivity contribution is -0.143. The highest BCUT2D eigenvalue weighted by atomic mass is 79.9. The molecule has 0 aromatic heterocycles. The Morgan fingerprint density at radius 3 is 2.27 bits per heavy atom. The average Bonchev–Trinajstić information content (AvgIpc) is 2.72. The van der Waals surface area contributed by atoms with Gasteiger partial charge in [-0.05, 0) is 77.0 Å². The van der Waals surface area contributed by atoms with Gasteiger partial charge in [-0.1, -0.05) is 57.5 Å². The molecule has 0 radical (unpaired) electrons. The summed E-state index contributed by atoms with van der Waals surface area (Å²) >= 11 is 9.56. The second-order valence-corrected chi connectivity index (χ2v) is 10.7. The lowest BCUT2D eigenvalue weighted by atomic mass is 9.87. The molecule has 0 aliphatic carbocycles. The fraction of sp³-hybridized carbons (Fsp3) is 0.462. The predicted molar refractivity (Wildman–Crippen MR) is 138 cm³/mol. The first-order valence-corrected chi connectivity index (χ1v) is 12.4. The molecule has 0 spiro atoms. The molecule has 2 aromatic rings. The molecule has 2 aromatic carbocycles. The molecule has 1 unspecified atom stereocenters. The van der Waals surface area contributed by atoms with E-state index in [1.165, 1.54) is 0 Å². The zero-order valence-electron chi connectivity index (χ0n) is 20.2. The Balaban J connectivity index is 2.23. The van der Waals surface area contributed by atoms with Crippen LogP contribution in [0.2, 0.25) is 5.02 Å². The number of benzene rings is 2. The summed E-state index contributed by atoms with van der Waals surface area (Å²) in [5.41, 5.74) is 2.05. The van der Waals surface area contributed by atoms with E-state index in [1.54, 1.807) is 17.0 Å². The average molecular weight is 538 g/mol. The molecule has 2 rings (SSSR count). The Morgan fingerprint density at radius 1 is 1.12 bits per heavy atom. The van der Waals surface area contributed by atoms with Crippen LogP contribution in [0.15, 0.2) is 46.9 Å². The van der Waals surface area contributed by atoms with Crippen molar-refractivity contribution < 1.29 is 14.3 Å². The van der Waals surface area contributed by atoms with E-state index in [1.807, 2.05) is 51.1 Å². The molecule has 0 saturated carbocycles. The zero-order chi connectivity index (χ0) is 24.8. The SMILES string of the molecule is CCC(C(=O)NC(C)C)N(Cc1ccc(Cl)cc1)C(=O)COc1ccc(C(C)(C)C)cc1Br. The minimum absolute atomic E-state index is 0.00434. The van der Waals surface area contributed by atoms with Crippen molar-refractivity contribution in [2.75, 3.05) is 6.61 Å². The van der Waals surface area contributed by atoms with Crippen LogP contribution in [0, 0.1) is 0 Å². The van der Waals surface area contributed by atoms with Gasteiger partial charge < -0.3 is 15.0 Å². The maximum Gasteiger partial charge on any atom is 0.261 e. The molecular formula is C26H34BrClN2O3. The number of rotatable bonds is 9. The molecule has 1 atom stereocenters. The van der Waals surface area contributed by atoms with E-state index in [2.05, 4.69) is 42.0 Å². The van der Waals surface area contributed by atoms with Crippen LogP contribution in [-0.2, 0) is 21.5 Å². The van der Waals surface area contributed by atoms with E-state index in [-0.39, 0.29) is 36.4 Å². The van der Waals surface area contributed by atoms with Crippen LogP contribution in [-0.4, -0.2) is 35.4 Å². The Hall–Kier alpha value is -2.05. The topological polar surface area (TPSA) is 58.6 Å². The molecule has 180 valence electrons. The summed E-state index contributed by atoms with van der Waals surface area (Å²) in [4.78, 5) is 27.7. The first-order valence-electron chi connectivity index (χ1n) is 11.2. The first kappa shape index (κ1) is 27.2. The number of carbonyl (C=O) groups excluding carboxylic acids is 2. The summed E-state index contributed by atoms with van der Waals surface area (Å²) in [6.07, 6.45) is 0.488. The van der Waals surface area contributed by atoms with E-state index in [0.717, 1.165) is 15.6 Å². The van der Waals surface area contributed by atoms with E-state index >= 15 is 0 Å². The summed E-state index contributed by atoms with van der Waals surface area (Å²) in [5.74, 6) is 0.149. The molecule has 0 saturated heterocycles. The molecule has 0 aliphatic rings. The van der Waals surface area contributed by atoms with E-state index in [0.29, 0.717) is 17.2 Å². The molecule has 0 bridgehead atoms. The Kier molecular flexibility index (Phi) is 9.80. The predicted octanol–water partition coefficient (Wildman–Crippen LogP) is 6.11. The van der Waals surface area contributed by atoms with Gasteiger partial charge in [0, 0.05) is 17.6 Å². The van der Waals surface area contributed by atoms with Crippen molar-refractivity contribution in [1.29, 1.82) is 0 Å². The molecule has 2 amide bonds. The van der Waals surface area contributed by atoms with Gasteiger partial charge in [0.05, 0.1) is 4.47 Å². The van der Waals surface area contributed by atoms with Crippen LogP contribution in [0.5, 0.6) is 5.75 Å². The van der Waals surface area contributed by atoms with Crippen molar-refractivity contribution in [1.82, 2.24) is 10.2 Å². The maximum atomic E-state index is 13.3. The number of carbonyl (C=O) groups is 2. The lowest BCUT2D eigenvalue weighted by Gasteiger charge is -2.31. The standard InChI is InChI=1S/C26H34BrClN2O3/c1-7-22(25(32)29-17(2)3)30(15-18-8-11-20(28)12-9-18)24(31)16-33-23-13-10-19(14-21(23)27)26(4,5)6/h8-14,17,22H,7,15-16H2,1-6H3,(H,29,32). The fourth-order valence-corrected chi connectivity index (χ4v) is 4.01. The van der Waals surface area contributed by atoms with Crippen LogP contribution < -0.4 is 10.1 Å². The van der Waals surface area contributed by atoms with E-state index < -0.39 is 6.04 Å². The highest BCUT2D eigenvalue weighted by Gasteiger charge is 2.29. The maximum absolute atomic E-state index is 13.3. The lowest BCUT2D eigenvalue weighted by Crippen LogP contribution is -2.51. The number of hydrogen-bond donors (Lipinski definition) is 1. The number of amides is 2. The van der Waals surface area contributed by atoms with Crippen LogP contribution in [0.25, 0.3) is 0 Å². The third kappa shape index (κ3) is 8.04. The molecule has 5 nitrogen and oxygen atoms in total. The van der Waals surface area contributed by atoms with Crippen molar-refractivity contribution in [3.05, 3.63) is 63.1 Å². The summed E-state index contributed by atoms with van der Waals surface area (Å²) in [5, 5.41) is 3.54. The number of hydrogen-bond acceptors (Lipinski definition) is 3. The molecule has 1 N–H and O–H groups in total. The van der Waals surface area contributed by atoms with Crippen molar-refractivity contribution >= 4 is 39.3 Å². The third-order valence-corrected chi connectivity index (χ3v) is 6.10. The van der Waals surface area contributed by atoms with Gasteiger partial charge in [-0.15, -0.1) is 0 Å². The van der Waals surface area contributed by atoms with Gasteiger partial charge in [-0.25, -0.2) is 0 Å². The molecule has 33 heavy (non-hydrogen) atoms. The monoisotopic (exact) mass is 536 g/mol. The third-order valence-electron chi connectivity index (χ3n) is 5.23. The highest BCUT2D eigenvalue weighted by molar-refractivity contribution is 9.10. The zero-order valence-corrected chi connectivity index (χ0v) is 22.6. The van der Waals surface area contributed by atoms with Crippen LogP contribution in [0.1, 0.15) is 59.1 Å². The van der Waals surface area contributed by atoms with Crippen molar-refractivity contribution in [2.24, 2.45) is 0 Å². The minimum Gasteiger partial charge on any atom is -0.483 e. The second kappa shape index (κ2) is 11.9. The molecule has 7 heteroatoms. The van der Waals surface area contributed by atoms with Gasteiger partial charge >= 0.3 is 0 Å². The van der Waals surface area contributed by atoms with Crippen LogP contribution >= 0.6 is 27.5 Å². The molecule has 0 heterocycles. The normalized spacial score (nSPS) is 12.4. The first-order chi connectivity index (χ1) is 15.4. The largest absolute Gasteiger partial charge is 0.483 e. The summed E-state index contributed by atoms with van der Waals surface area (Å²) in [6.45, 7) is 12.2. The van der Waals surface area contributed by atoms with Gasteiger partial charge in [-0.2, -0.15) is 0 Å². The minimum atomic E-state index is -0.606. The Bertz CT molecular complexity index is 955. The van der Waals surface area contributed by atoms with E-state index in [9.17, 15) is 9.59 Å². The van der Waals surface area contributed by atoms with Gasteiger partial charge in [0.25, 0.3) is 5.91 Å². The summed E-state index contributed by atoms with van der Waals surface area (Å²) in [7, 11) is 0. The Labute approximate surface area is 211 Å². The van der Waals surface area contributed by atoms with Gasteiger partial charge in [-0.3, -0.25) is 9.59 Å². The van der Waals surface area contributed by atoms with Crippen LogP contribution in [0.4, 0.5) is 0 Å². The smallest absolute Gasteiger partial charge is 0.261 e. The number of nitrogens with one attached hydrogen (secondary N) is 1. The quantitative estimate of drug-likeness (QED) is 0.420. The van der Waals surface area contributed by atoms with Crippen molar-refractivity contribution in [3.8, 4) is 5.75 Å². The second-order valence-electron chi connectivity index (χ2n) is 9.42. The van der Waals surface area contributed by atoms with Gasteiger partial charge in [0.2, 0.25) is 5.91 Å². The molecular weight excluding hydrogens is 504 g/mol. The van der Waals surface area contributed by atoms with Gasteiger partial charge in [0.1, 0.15) is 11.8 Å². The summed E-state index contributed by atoms with van der Waals surface area (Å²) < 4.78 is 6.66. The number of ether oxygens (including phenoxy) is 1. The van der Waals surface area contributed by atoms with Crippen LogP contribution in [0.3, 0.4) is 0 Å². The van der Waals surface area contributed by atoms with Gasteiger partial charge in [0.15, 0.2) is 6.61 Å². The van der Waals surface area contributed by atoms with E-state index in [4.69, 9.17) is 16.3 Å². The van der Waals surface area contributed by atoms with Crippen molar-refractivity contribution in [2.45, 2.75) is 72.0 Å². The Morgan fingerprint density at radius 2 is 1.76 bits per heavy atom. The van der Waals surface area contributed by atoms with Crippen molar-refractivity contribution in [3.63, 3.8) is 0 Å². The number of halogens is 2. The highest BCUT2D eigenvalue weighted by Crippen LogP contribution is 2.31.